The lowest BCUT2D eigenvalue weighted by atomic mass is 9.80. The van der Waals surface area contributed by atoms with E-state index in [1.54, 1.807) is 0 Å². The number of carbonyl (C=O) groups is 1. The first kappa shape index (κ1) is 16.0. The maximum absolute atomic E-state index is 12.5. The average Bonchev–Trinajstić information content (AvgIpc) is 2.46. The molecule has 1 amide bonds. The van der Waals surface area contributed by atoms with Gasteiger partial charge < -0.3 is 10.6 Å². The molecule has 0 spiro atoms. The topological polar surface area (TPSA) is 46.3 Å². The smallest absolute Gasteiger partial charge is 0.224 e. The Balaban J connectivity index is 1.99. The summed E-state index contributed by atoms with van der Waals surface area (Å²) in [4.78, 5) is 14.4. The van der Waals surface area contributed by atoms with Crippen molar-refractivity contribution in [2.75, 3.05) is 7.05 Å². The van der Waals surface area contributed by atoms with Crippen molar-refractivity contribution in [2.45, 2.75) is 64.0 Å². The molecule has 1 fully saturated rings. The molecule has 0 heterocycles. The van der Waals surface area contributed by atoms with Crippen LogP contribution in [0.1, 0.15) is 62.6 Å². The van der Waals surface area contributed by atoms with Crippen LogP contribution in [-0.4, -0.2) is 23.4 Å². The number of hydrogen-bond acceptors (Lipinski definition) is 2. The Kier molecular flexibility index (Phi) is 5.04. The Labute approximate surface area is 128 Å². The van der Waals surface area contributed by atoms with Crippen molar-refractivity contribution in [1.82, 2.24) is 4.90 Å². The SMILES string of the molecule is Cc1ccc(C(C)N(C)C(=O)CC2(N)CCCCC2)cc1. The van der Waals surface area contributed by atoms with Gasteiger partial charge in [-0.2, -0.15) is 0 Å². The van der Waals surface area contributed by atoms with Gasteiger partial charge >= 0.3 is 0 Å². The standard InChI is InChI=1S/C18H28N2O/c1-14-7-9-16(10-8-14)15(2)20(3)17(21)13-18(19)11-5-4-6-12-18/h7-10,15H,4-6,11-13,19H2,1-3H3. The van der Waals surface area contributed by atoms with Crippen molar-refractivity contribution in [1.29, 1.82) is 0 Å². The summed E-state index contributed by atoms with van der Waals surface area (Å²) in [5, 5.41) is 0. The molecule has 1 aliphatic carbocycles. The molecule has 1 aromatic carbocycles. The number of carbonyl (C=O) groups excluding carboxylic acids is 1. The van der Waals surface area contributed by atoms with Gasteiger partial charge in [0, 0.05) is 19.0 Å². The van der Waals surface area contributed by atoms with Gasteiger partial charge in [0.15, 0.2) is 0 Å². The molecule has 0 aromatic heterocycles. The van der Waals surface area contributed by atoms with Gasteiger partial charge in [0.05, 0.1) is 6.04 Å². The normalized spacial score (nSPS) is 19.0. The number of hydrogen-bond donors (Lipinski definition) is 1. The number of amides is 1. The van der Waals surface area contributed by atoms with Crippen LogP contribution in [0.3, 0.4) is 0 Å². The zero-order valence-corrected chi connectivity index (χ0v) is 13.6. The van der Waals surface area contributed by atoms with Gasteiger partial charge in [0.1, 0.15) is 0 Å². The monoisotopic (exact) mass is 288 g/mol. The minimum atomic E-state index is -0.281. The summed E-state index contributed by atoms with van der Waals surface area (Å²) in [5.41, 5.74) is 8.54. The van der Waals surface area contributed by atoms with Crippen LogP contribution in [0.25, 0.3) is 0 Å². The van der Waals surface area contributed by atoms with Crippen LogP contribution in [-0.2, 0) is 4.79 Å². The largest absolute Gasteiger partial charge is 0.339 e. The molecule has 1 unspecified atom stereocenters. The molecule has 2 N–H and O–H groups in total. The second-order valence-electron chi connectivity index (χ2n) is 6.69. The highest BCUT2D eigenvalue weighted by molar-refractivity contribution is 5.77. The van der Waals surface area contributed by atoms with E-state index in [1.165, 1.54) is 17.5 Å². The van der Waals surface area contributed by atoms with E-state index in [-0.39, 0.29) is 17.5 Å². The number of rotatable bonds is 4. The van der Waals surface area contributed by atoms with Crippen molar-refractivity contribution in [3.8, 4) is 0 Å². The van der Waals surface area contributed by atoms with Crippen molar-refractivity contribution >= 4 is 5.91 Å². The van der Waals surface area contributed by atoms with Crippen LogP contribution < -0.4 is 5.73 Å². The van der Waals surface area contributed by atoms with E-state index >= 15 is 0 Å². The molecule has 0 bridgehead atoms. The molecule has 0 aliphatic heterocycles. The molecule has 21 heavy (non-hydrogen) atoms. The van der Waals surface area contributed by atoms with Crippen LogP contribution in [0.5, 0.6) is 0 Å². The maximum Gasteiger partial charge on any atom is 0.224 e. The van der Waals surface area contributed by atoms with Crippen molar-refractivity contribution in [3.05, 3.63) is 35.4 Å². The van der Waals surface area contributed by atoms with E-state index in [2.05, 4.69) is 38.1 Å². The predicted molar refractivity (Wildman–Crippen MR) is 87.0 cm³/mol. The van der Waals surface area contributed by atoms with Gasteiger partial charge in [0.25, 0.3) is 0 Å². The molecule has 3 nitrogen and oxygen atoms in total. The minimum Gasteiger partial charge on any atom is -0.339 e. The maximum atomic E-state index is 12.5. The lowest BCUT2D eigenvalue weighted by Gasteiger charge is -2.35. The van der Waals surface area contributed by atoms with Gasteiger partial charge in [-0.3, -0.25) is 4.79 Å². The number of aryl methyl sites for hydroxylation is 1. The summed E-state index contributed by atoms with van der Waals surface area (Å²) < 4.78 is 0. The molecule has 3 heteroatoms. The number of nitrogens with zero attached hydrogens (tertiary/aromatic N) is 1. The quantitative estimate of drug-likeness (QED) is 0.920. The van der Waals surface area contributed by atoms with Crippen LogP contribution in [0, 0.1) is 6.92 Å². The molecule has 0 saturated heterocycles. The van der Waals surface area contributed by atoms with E-state index in [1.807, 2.05) is 11.9 Å². The molecule has 1 aromatic rings. The van der Waals surface area contributed by atoms with Crippen molar-refractivity contribution in [3.63, 3.8) is 0 Å². The molecule has 2 rings (SSSR count). The average molecular weight is 288 g/mol. The summed E-state index contributed by atoms with van der Waals surface area (Å²) in [7, 11) is 1.89. The fraction of sp³-hybridized carbons (Fsp3) is 0.611. The molecule has 0 radical (unpaired) electrons. The summed E-state index contributed by atoms with van der Waals surface area (Å²) in [6.07, 6.45) is 5.99. The molecular formula is C18H28N2O. The summed E-state index contributed by atoms with van der Waals surface area (Å²) in [6.45, 7) is 4.15. The number of benzene rings is 1. The molecule has 1 atom stereocenters. The van der Waals surface area contributed by atoms with Gasteiger partial charge in [-0.15, -0.1) is 0 Å². The first-order chi connectivity index (χ1) is 9.91. The summed E-state index contributed by atoms with van der Waals surface area (Å²) in [6, 6.07) is 8.47. The second-order valence-corrected chi connectivity index (χ2v) is 6.69. The Hall–Kier alpha value is -1.35. The Bertz CT molecular complexity index is 474. The highest BCUT2D eigenvalue weighted by Gasteiger charge is 2.32. The third kappa shape index (κ3) is 4.07. The van der Waals surface area contributed by atoms with Crippen LogP contribution >= 0.6 is 0 Å². The lowest BCUT2D eigenvalue weighted by molar-refractivity contribution is -0.133. The van der Waals surface area contributed by atoms with Crippen LogP contribution in [0.2, 0.25) is 0 Å². The third-order valence-corrected chi connectivity index (χ3v) is 4.89. The van der Waals surface area contributed by atoms with Gasteiger partial charge in [-0.1, -0.05) is 49.1 Å². The van der Waals surface area contributed by atoms with Crippen LogP contribution in [0.15, 0.2) is 24.3 Å². The molecule has 116 valence electrons. The minimum absolute atomic E-state index is 0.0882. The first-order valence-corrected chi connectivity index (χ1v) is 8.02. The highest BCUT2D eigenvalue weighted by Crippen LogP contribution is 2.30. The summed E-state index contributed by atoms with van der Waals surface area (Å²) >= 11 is 0. The Morgan fingerprint density at radius 3 is 2.38 bits per heavy atom. The van der Waals surface area contributed by atoms with Gasteiger partial charge in [-0.05, 0) is 32.3 Å². The zero-order valence-electron chi connectivity index (χ0n) is 13.6. The van der Waals surface area contributed by atoms with E-state index in [4.69, 9.17) is 5.73 Å². The fourth-order valence-corrected chi connectivity index (χ4v) is 3.14. The molecule has 1 saturated carbocycles. The first-order valence-electron chi connectivity index (χ1n) is 8.02. The van der Waals surface area contributed by atoms with Crippen molar-refractivity contribution in [2.24, 2.45) is 5.73 Å². The highest BCUT2D eigenvalue weighted by atomic mass is 16.2. The van der Waals surface area contributed by atoms with E-state index in [9.17, 15) is 4.79 Å². The second kappa shape index (κ2) is 6.61. The Morgan fingerprint density at radius 1 is 1.24 bits per heavy atom. The van der Waals surface area contributed by atoms with Crippen LogP contribution in [0.4, 0.5) is 0 Å². The van der Waals surface area contributed by atoms with Gasteiger partial charge in [0.2, 0.25) is 5.91 Å². The number of nitrogens with two attached hydrogens (primary N) is 1. The molecular weight excluding hydrogens is 260 g/mol. The van der Waals surface area contributed by atoms with Gasteiger partial charge in [-0.25, -0.2) is 0 Å². The van der Waals surface area contributed by atoms with E-state index < -0.39 is 0 Å². The van der Waals surface area contributed by atoms with E-state index in [0.717, 1.165) is 25.7 Å². The predicted octanol–water partition coefficient (Wildman–Crippen LogP) is 3.57. The van der Waals surface area contributed by atoms with E-state index in [0.29, 0.717) is 6.42 Å². The molecule has 1 aliphatic rings. The lowest BCUT2D eigenvalue weighted by Crippen LogP contribution is -2.46. The third-order valence-electron chi connectivity index (χ3n) is 4.89. The summed E-state index contributed by atoms with van der Waals surface area (Å²) in [5.74, 6) is 0.160. The fourth-order valence-electron chi connectivity index (χ4n) is 3.14. The van der Waals surface area contributed by atoms with Crippen molar-refractivity contribution < 1.29 is 4.79 Å². The zero-order chi connectivity index (χ0) is 15.5. The Morgan fingerprint density at radius 2 is 1.81 bits per heavy atom.